The second kappa shape index (κ2) is 8.41. The molecule has 0 radical (unpaired) electrons. The lowest BCUT2D eigenvalue weighted by Crippen LogP contribution is -2.43. The molecule has 0 saturated carbocycles. The third-order valence-corrected chi connectivity index (χ3v) is 3.74. The first kappa shape index (κ1) is 17.2. The van der Waals surface area contributed by atoms with Crippen molar-refractivity contribution in [1.29, 1.82) is 0 Å². The molecule has 21 heavy (non-hydrogen) atoms. The minimum Gasteiger partial charge on any atom is -0.355 e. The highest BCUT2D eigenvalue weighted by atomic mass is 32.1. The van der Waals surface area contributed by atoms with Gasteiger partial charge in [-0.2, -0.15) is 0 Å². The average molecular weight is 311 g/mol. The molecule has 0 saturated heterocycles. The molecule has 6 nitrogen and oxygen atoms in total. The van der Waals surface area contributed by atoms with Crippen LogP contribution in [-0.2, 0) is 9.59 Å². The van der Waals surface area contributed by atoms with Gasteiger partial charge in [-0.25, -0.2) is 0 Å². The van der Waals surface area contributed by atoms with Gasteiger partial charge in [-0.3, -0.25) is 14.4 Å². The predicted molar refractivity (Wildman–Crippen MR) is 82.3 cm³/mol. The van der Waals surface area contributed by atoms with Crippen LogP contribution in [0.3, 0.4) is 0 Å². The lowest BCUT2D eigenvalue weighted by molar-refractivity contribution is -0.133. The summed E-state index contributed by atoms with van der Waals surface area (Å²) < 4.78 is 0. The topological polar surface area (TPSA) is 78.5 Å². The van der Waals surface area contributed by atoms with Crippen LogP contribution in [0.5, 0.6) is 0 Å². The van der Waals surface area contributed by atoms with Crippen molar-refractivity contribution in [1.82, 2.24) is 15.5 Å². The van der Waals surface area contributed by atoms with Crippen LogP contribution in [0.4, 0.5) is 0 Å². The second-order valence-corrected chi connectivity index (χ2v) is 5.98. The number of thiophene rings is 1. The van der Waals surface area contributed by atoms with Crippen molar-refractivity contribution in [2.24, 2.45) is 0 Å². The van der Waals surface area contributed by atoms with Gasteiger partial charge in [0.05, 0.1) is 18.0 Å². The van der Waals surface area contributed by atoms with E-state index in [2.05, 4.69) is 10.6 Å². The first-order chi connectivity index (χ1) is 9.93. The number of nitrogens with zero attached hydrogens (tertiary/aromatic N) is 1. The van der Waals surface area contributed by atoms with E-state index in [9.17, 15) is 14.4 Å². The fraction of sp³-hybridized carbons (Fsp3) is 0.500. The molecule has 3 amide bonds. The number of amides is 3. The largest absolute Gasteiger partial charge is 0.355 e. The quantitative estimate of drug-likeness (QED) is 0.781. The molecule has 1 aromatic rings. The van der Waals surface area contributed by atoms with E-state index in [0.29, 0.717) is 11.4 Å². The second-order valence-electron chi connectivity index (χ2n) is 4.69. The van der Waals surface area contributed by atoms with E-state index >= 15 is 0 Å². The Hall–Kier alpha value is -1.89. The van der Waals surface area contributed by atoms with E-state index in [1.54, 1.807) is 6.07 Å². The molecule has 0 aliphatic heterocycles. The van der Waals surface area contributed by atoms with Crippen LogP contribution in [0.25, 0.3) is 0 Å². The van der Waals surface area contributed by atoms with Crippen LogP contribution < -0.4 is 10.6 Å². The summed E-state index contributed by atoms with van der Waals surface area (Å²) in [5, 5.41) is 5.25. The Morgan fingerprint density at radius 1 is 1.24 bits per heavy atom. The van der Waals surface area contributed by atoms with Crippen LogP contribution >= 0.6 is 11.3 Å². The van der Waals surface area contributed by atoms with Crippen molar-refractivity contribution >= 4 is 29.1 Å². The van der Waals surface area contributed by atoms with Crippen molar-refractivity contribution in [3.63, 3.8) is 0 Å². The van der Waals surface area contributed by atoms with Crippen LogP contribution in [0, 0.1) is 6.92 Å². The van der Waals surface area contributed by atoms with Gasteiger partial charge in [-0.05, 0) is 25.5 Å². The summed E-state index contributed by atoms with van der Waals surface area (Å²) in [6.07, 6.45) is 0.847. The number of carbonyl (C=O) groups is 3. The Bertz CT molecular complexity index is 513. The highest BCUT2D eigenvalue weighted by Gasteiger charge is 2.14. The number of likely N-dealkylation sites (N-methyl/N-ethyl adjacent to an activating group) is 1. The maximum Gasteiger partial charge on any atom is 0.261 e. The molecule has 0 aromatic carbocycles. The number of rotatable bonds is 7. The van der Waals surface area contributed by atoms with Crippen molar-refractivity contribution in [2.45, 2.75) is 20.3 Å². The molecular weight excluding hydrogens is 290 g/mol. The number of hydrogen-bond donors (Lipinski definition) is 2. The number of aryl methyl sites for hydroxylation is 1. The zero-order valence-corrected chi connectivity index (χ0v) is 13.4. The van der Waals surface area contributed by atoms with Crippen LogP contribution in [0.2, 0.25) is 0 Å². The zero-order chi connectivity index (χ0) is 15.8. The molecule has 0 aliphatic carbocycles. The predicted octanol–water partition coefficient (Wildman–Crippen LogP) is 0.771. The molecule has 2 N–H and O–H groups in total. The van der Waals surface area contributed by atoms with Crippen molar-refractivity contribution in [2.75, 3.05) is 26.7 Å². The number of carbonyl (C=O) groups excluding carboxylic acids is 3. The Morgan fingerprint density at radius 2 is 1.95 bits per heavy atom. The minimum absolute atomic E-state index is 0.00713. The van der Waals surface area contributed by atoms with Crippen molar-refractivity contribution in [3.05, 3.63) is 21.9 Å². The van der Waals surface area contributed by atoms with Crippen molar-refractivity contribution < 1.29 is 14.4 Å². The summed E-state index contributed by atoms with van der Waals surface area (Å²) in [6.45, 7) is 4.34. The fourth-order valence-corrected chi connectivity index (χ4v) is 2.34. The normalized spacial score (nSPS) is 10.0. The zero-order valence-electron chi connectivity index (χ0n) is 12.6. The summed E-state index contributed by atoms with van der Waals surface area (Å²) in [6, 6.07) is 3.58. The van der Waals surface area contributed by atoms with Gasteiger partial charge in [0.25, 0.3) is 5.91 Å². The Morgan fingerprint density at radius 3 is 2.52 bits per heavy atom. The Labute approximate surface area is 128 Å². The summed E-state index contributed by atoms with van der Waals surface area (Å²) in [5.74, 6) is -0.776. The van der Waals surface area contributed by atoms with Gasteiger partial charge in [-0.15, -0.1) is 11.3 Å². The number of nitrogens with one attached hydrogen (secondary N) is 2. The molecular formula is C14H21N3O3S. The molecule has 0 bridgehead atoms. The van der Waals surface area contributed by atoms with Gasteiger partial charge >= 0.3 is 0 Å². The van der Waals surface area contributed by atoms with Crippen LogP contribution in [-0.4, -0.2) is 49.3 Å². The molecule has 7 heteroatoms. The van der Waals surface area contributed by atoms with E-state index < -0.39 is 0 Å². The van der Waals surface area contributed by atoms with Crippen molar-refractivity contribution in [3.8, 4) is 0 Å². The molecule has 1 aromatic heterocycles. The monoisotopic (exact) mass is 311 g/mol. The van der Waals surface area contributed by atoms with Crippen LogP contribution in [0.1, 0.15) is 27.9 Å². The highest BCUT2D eigenvalue weighted by Crippen LogP contribution is 2.14. The molecule has 0 unspecified atom stereocenters. The number of hydrogen-bond acceptors (Lipinski definition) is 4. The van der Waals surface area contributed by atoms with Gasteiger partial charge in [-0.1, -0.05) is 6.92 Å². The van der Waals surface area contributed by atoms with Gasteiger partial charge in [0.2, 0.25) is 11.8 Å². The average Bonchev–Trinajstić information content (AvgIpc) is 2.88. The molecule has 0 atom stereocenters. The van der Waals surface area contributed by atoms with Gasteiger partial charge < -0.3 is 15.5 Å². The molecule has 116 valence electrons. The maximum atomic E-state index is 11.8. The highest BCUT2D eigenvalue weighted by molar-refractivity contribution is 7.13. The van der Waals surface area contributed by atoms with Gasteiger partial charge in [0.15, 0.2) is 0 Å². The fourth-order valence-electron chi connectivity index (χ4n) is 1.56. The van der Waals surface area contributed by atoms with E-state index in [1.165, 1.54) is 23.3 Å². The summed E-state index contributed by atoms with van der Waals surface area (Å²) >= 11 is 1.37. The first-order valence-corrected chi connectivity index (χ1v) is 7.61. The van der Waals surface area contributed by atoms with Gasteiger partial charge in [0, 0.05) is 18.5 Å². The minimum atomic E-state index is -0.303. The van der Waals surface area contributed by atoms with E-state index in [4.69, 9.17) is 0 Å². The molecule has 1 rings (SSSR count). The standard InChI is InChI=1S/C14H21N3O3S/c1-4-7-15-12(18)9-17(3)13(19)8-16-14(20)11-6-5-10(2)21-11/h5-6H,4,7-9H2,1-3H3,(H,15,18)(H,16,20). The summed E-state index contributed by atoms with van der Waals surface area (Å²) in [5.41, 5.74) is 0. The molecule has 0 fully saturated rings. The third-order valence-electron chi connectivity index (χ3n) is 2.74. The lowest BCUT2D eigenvalue weighted by atomic mass is 10.4. The molecule has 0 spiro atoms. The molecule has 1 heterocycles. The van der Waals surface area contributed by atoms with Crippen LogP contribution in [0.15, 0.2) is 12.1 Å². The SMILES string of the molecule is CCCNC(=O)CN(C)C(=O)CNC(=O)c1ccc(C)s1. The smallest absolute Gasteiger partial charge is 0.261 e. The first-order valence-electron chi connectivity index (χ1n) is 6.79. The van der Waals surface area contributed by atoms with E-state index in [1.807, 2.05) is 19.9 Å². The lowest BCUT2D eigenvalue weighted by Gasteiger charge is -2.16. The third kappa shape index (κ3) is 5.95. The Kier molecular flexibility index (Phi) is 6.87. The summed E-state index contributed by atoms with van der Waals surface area (Å²) in [4.78, 5) is 38.0. The summed E-state index contributed by atoms with van der Waals surface area (Å²) in [7, 11) is 1.54. The van der Waals surface area contributed by atoms with E-state index in [0.717, 1.165) is 11.3 Å². The van der Waals surface area contributed by atoms with E-state index in [-0.39, 0.29) is 30.8 Å². The molecule has 0 aliphatic rings. The van der Waals surface area contributed by atoms with Gasteiger partial charge in [0.1, 0.15) is 0 Å². The Balaban J connectivity index is 2.35. The maximum absolute atomic E-state index is 11.8.